The molecule has 0 amide bonds. The van der Waals surface area contributed by atoms with Crippen LogP contribution in [-0.2, 0) is 0 Å². The Morgan fingerprint density at radius 2 is 0.920 bits per heavy atom. The maximum Gasteiger partial charge on any atom is 0.0257 e. The summed E-state index contributed by atoms with van der Waals surface area (Å²) in [7, 11) is 0. The highest BCUT2D eigenvalue weighted by Crippen LogP contribution is 2.12. The number of hydrazine groups is 1. The van der Waals surface area contributed by atoms with E-state index in [-0.39, 0.29) is 37.2 Å². The standard InChI is InChI=1S/C19H41N3.3ClH/c1-2-3-4-5-6-7-8-9-10-11-12-13-14-15-21-16-18-22(20)19-17-21;;;/h2-20H2,1H3;3*1H. The minimum atomic E-state index is 0. The lowest BCUT2D eigenvalue weighted by Crippen LogP contribution is -2.49. The summed E-state index contributed by atoms with van der Waals surface area (Å²) in [6, 6.07) is 0. The summed E-state index contributed by atoms with van der Waals surface area (Å²) in [5.74, 6) is 5.78. The minimum absolute atomic E-state index is 0. The topological polar surface area (TPSA) is 32.5 Å². The third kappa shape index (κ3) is 19.3. The molecule has 0 aromatic heterocycles. The molecule has 1 fully saturated rings. The molecular formula is C19H44Cl3N3. The second kappa shape index (κ2) is 22.8. The Morgan fingerprint density at radius 1 is 0.560 bits per heavy atom. The van der Waals surface area contributed by atoms with E-state index in [9.17, 15) is 0 Å². The van der Waals surface area contributed by atoms with Crippen LogP contribution in [0, 0.1) is 0 Å². The van der Waals surface area contributed by atoms with E-state index in [1.807, 2.05) is 5.01 Å². The third-order valence-corrected chi connectivity index (χ3v) is 4.98. The molecule has 3 nitrogen and oxygen atoms in total. The highest BCUT2D eigenvalue weighted by atomic mass is 35.5. The van der Waals surface area contributed by atoms with Crippen LogP contribution in [0.4, 0.5) is 0 Å². The Hall–Kier alpha value is 0.750. The van der Waals surface area contributed by atoms with E-state index in [4.69, 9.17) is 5.84 Å². The van der Waals surface area contributed by atoms with E-state index >= 15 is 0 Å². The van der Waals surface area contributed by atoms with Gasteiger partial charge in [0, 0.05) is 26.2 Å². The van der Waals surface area contributed by atoms with Gasteiger partial charge in [0.05, 0.1) is 0 Å². The van der Waals surface area contributed by atoms with E-state index < -0.39 is 0 Å². The number of unbranched alkanes of at least 4 members (excludes halogenated alkanes) is 12. The van der Waals surface area contributed by atoms with Gasteiger partial charge in [0.25, 0.3) is 0 Å². The molecule has 0 bridgehead atoms. The molecule has 0 aliphatic carbocycles. The Bertz CT molecular complexity index is 238. The zero-order valence-electron chi connectivity index (χ0n) is 16.4. The van der Waals surface area contributed by atoms with Crippen molar-refractivity contribution in [3.8, 4) is 0 Å². The van der Waals surface area contributed by atoms with Crippen LogP contribution >= 0.6 is 37.2 Å². The monoisotopic (exact) mass is 419 g/mol. The summed E-state index contributed by atoms with van der Waals surface area (Å²) in [5.41, 5.74) is 0. The number of nitrogens with two attached hydrogens (primary N) is 1. The van der Waals surface area contributed by atoms with Crippen LogP contribution in [0.5, 0.6) is 0 Å². The van der Waals surface area contributed by atoms with Crippen LogP contribution in [0.1, 0.15) is 90.4 Å². The predicted molar refractivity (Wildman–Crippen MR) is 120 cm³/mol. The van der Waals surface area contributed by atoms with E-state index in [1.165, 1.54) is 90.0 Å². The Labute approximate surface area is 176 Å². The summed E-state index contributed by atoms with van der Waals surface area (Å²) in [5, 5.41) is 1.94. The molecular weight excluding hydrogens is 377 g/mol. The largest absolute Gasteiger partial charge is 0.301 e. The molecule has 6 heteroatoms. The molecule has 0 radical (unpaired) electrons. The van der Waals surface area contributed by atoms with Crippen molar-refractivity contribution < 1.29 is 0 Å². The molecule has 0 aromatic rings. The zero-order valence-corrected chi connectivity index (χ0v) is 18.9. The maximum absolute atomic E-state index is 5.78. The number of nitrogens with zero attached hydrogens (tertiary/aromatic N) is 2. The highest BCUT2D eigenvalue weighted by molar-refractivity contribution is 5.86. The van der Waals surface area contributed by atoms with Gasteiger partial charge in [0.1, 0.15) is 0 Å². The number of rotatable bonds is 14. The molecule has 25 heavy (non-hydrogen) atoms. The fraction of sp³-hybridized carbons (Fsp3) is 1.00. The fourth-order valence-corrected chi connectivity index (χ4v) is 3.34. The number of hydrogen-bond donors (Lipinski definition) is 1. The second-order valence-electron chi connectivity index (χ2n) is 7.12. The van der Waals surface area contributed by atoms with Gasteiger partial charge in [-0.25, -0.2) is 5.01 Å². The molecule has 0 aromatic carbocycles. The Kier molecular flexibility index (Phi) is 27.8. The maximum atomic E-state index is 5.78. The van der Waals surface area contributed by atoms with Gasteiger partial charge in [-0.1, -0.05) is 84.0 Å². The van der Waals surface area contributed by atoms with Crippen LogP contribution in [0.15, 0.2) is 0 Å². The van der Waals surface area contributed by atoms with E-state index in [1.54, 1.807) is 0 Å². The molecule has 2 N–H and O–H groups in total. The molecule has 1 aliphatic heterocycles. The van der Waals surface area contributed by atoms with E-state index in [2.05, 4.69) is 11.8 Å². The average Bonchev–Trinajstić information content (AvgIpc) is 2.53. The van der Waals surface area contributed by atoms with Gasteiger partial charge in [-0.15, -0.1) is 37.2 Å². The van der Waals surface area contributed by atoms with Crippen LogP contribution < -0.4 is 5.84 Å². The summed E-state index contributed by atoms with van der Waals surface area (Å²) in [6.45, 7) is 7.98. The lowest BCUT2D eigenvalue weighted by Gasteiger charge is -2.31. The van der Waals surface area contributed by atoms with Crippen LogP contribution in [0.2, 0.25) is 0 Å². The summed E-state index contributed by atoms with van der Waals surface area (Å²) in [4.78, 5) is 2.57. The van der Waals surface area contributed by atoms with Gasteiger partial charge >= 0.3 is 0 Å². The van der Waals surface area contributed by atoms with Crippen molar-refractivity contribution in [1.29, 1.82) is 0 Å². The second-order valence-corrected chi connectivity index (χ2v) is 7.12. The van der Waals surface area contributed by atoms with Crippen molar-refractivity contribution in [1.82, 2.24) is 9.91 Å². The average molecular weight is 421 g/mol. The van der Waals surface area contributed by atoms with Crippen molar-refractivity contribution in [2.45, 2.75) is 90.4 Å². The number of hydrogen-bond acceptors (Lipinski definition) is 3. The lowest BCUT2D eigenvalue weighted by atomic mass is 10.0. The Balaban J connectivity index is -0.00000161. The van der Waals surface area contributed by atoms with Crippen molar-refractivity contribution in [3.63, 3.8) is 0 Å². The van der Waals surface area contributed by atoms with Gasteiger partial charge in [0.2, 0.25) is 0 Å². The molecule has 0 saturated carbocycles. The third-order valence-electron chi connectivity index (χ3n) is 4.98. The number of halogens is 3. The summed E-state index contributed by atoms with van der Waals surface area (Å²) in [6.07, 6.45) is 18.7. The molecule has 0 unspecified atom stereocenters. The molecule has 1 saturated heterocycles. The first-order chi connectivity index (χ1) is 10.8. The van der Waals surface area contributed by atoms with Gasteiger partial charge < -0.3 is 4.90 Å². The molecule has 0 atom stereocenters. The van der Waals surface area contributed by atoms with Gasteiger partial charge in [-0.2, -0.15) is 0 Å². The van der Waals surface area contributed by atoms with Gasteiger partial charge in [0.15, 0.2) is 0 Å². The smallest absolute Gasteiger partial charge is 0.0257 e. The highest BCUT2D eigenvalue weighted by Gasteiger charge is 2.12. The summed E-state index contributed by atoms with van der Waals surface area (Å²) < 4.78 is 0. The Morgan fingerprint density at radius 3 is 1.32 bits per heavy atom. The van der Waals surface area contributed by atoms with Crippen LogP contribution in [0.25, 0.3) is 0 Å². The van der Waals surface area contributed by atoms with Crippen LogP contribution in [-0.4, -0.2) is 42.6 Å². The fourth-order valence-electron chi connectivity index (χ4n) is 3.34. The molecule has 156 valence electrons. The predicted octanol–water partition coefficient (Wildman–Crippen LogP) is 5.83. The van der Waals surface area contributed by atoms with Crippen LogP contribution in [0.3, 0.4) is 0 Å². The van der Waals surface area contributed by atoms with Crippen molar-refractivity contribution in [3.05, 3.63) is 0 Å². The van der Waals surface area contributed by atoms with Gasteiger partial charge in [-0.05, 0) is 13.0 Å². The first kappa shape index (κ1) is 30.5. The SMILES string of the molecule is CCCCCCCCCCCCCCCN1CCN(N)CC1.Cl.Cl.Cl. The van der Waals surface area contributed by atoms with Crippen molar-refractivity contribution in [2.24, 2.45) is 5.84 Å². The zero-order chi connectivity index (χ0) is 15.9. The quantitative estimate of drug-likeness (QED) is 0.283. The van der Waals surface area contributed by atoms with E-state index in [0.29, 0.717) is 0 Å². The number of piperazine rings is 1. The lowest BCUT2D eigenvalue weighted by molar-refractivity contribution is 0.132. The summed E-state index contributed by atoms with van der Waals surface area (Å²) >= 11 is 0. The van der Waals surface area contributed by atoms with Crippen molar-refractivity contribution in [2.75, 3.05) is 32.7 Å². The van der Waals surface area contributed by atoms with E-state index in [0.717, 1.165) is 26.2 Å². The normalized spacial score (nSPS) is 15.1. The first-order valence-corrected chi connectivity index (χ1v) is 10.0. The molecule has 0 spiro atoms. The first-order valence-electron chi connectivity index (χ1n) is 10.0. The molecule has 1 heterocycles. The molecule has 1 rings (SSSR count). The van der Waals surface area contributed by atoms with Gasteiger partial charge in [-0.3, -0.25) is 5.84 Å². The van der Waals surface area contributed by atoms with Crippen molar-refractivity contribution >= 4 is 37.2 Å². The minimum Gasteiger partial charge on any atom is -0.301 e. The molecule has 1 aliphatic rings.